The van der Waals surface area contributed by atoms with E-state index in [9.17, 15) is 9.59 Å². The minimum atomic E-state index is -0.188. The van der Waals surface area contributed by atoms with E-state index < -0.39 is 0 Å². The summed E-state index contributed by atoms with van der Waals surface area (Å²) in [5.74, 6) is -0.375. The molecule has 0 spiro atoms. The van der Waals surface area contributed by atoms with Gasteiger partial charge < -0.3 is 5.32 Å². The maximum Gasteiger partial charge on any atom is 0.261 e. The van der Waals surface area contributed by atoms with E-state index in [1.165, 1.54) is 62.7 Å². The molecule has 4 nitrogen and oxygen atoms in total. The fourth-order valence-corrected chi connectivity index (χ4v) is 4.42. The lowest BCUT2D eigenvalue weighted by Gasteiger charge is -2.26. The summed E-state index contributed by atoms with van der Waals surface area (Å²) in [6, 6.07) is 9.60. The van der Waals surface area contributed by atoms with Crippen LogP contribution in [-0.2, 0) is 0 Å². The maximum absolute atomic E-state index is 12.7. The first-order valence-electron chi connectivity index (χ1n) is 11.8. The van der Waals surface area contributed by atoms with Gasteiger partial charge in [0.25, 0.3) is 11.8 Å². The van der Waals surface area contributed by atoms with Gasteiger partial charge in [-0.3, -0.25) is 14.5 Å². The van der Waals surface area contributed by atoms with Crippen molar-refractivity contribution < 1.29 is 9.59 Å². The summed E-state index contributed by atoms with van der Waals surface area (Å²) in [4.78, 5) is 26.7. The number of carbonyl (C=O) groups is 2. The summed E-state index contributed by atoms with van der Waals surface area (Å²) in [5.41, 5.74) is 2.27. The van der Waals surface area contributed by atoms with Crippen LogP contribution in [0.4, 0.5) is 5.69 Å². The Morgan fingerprint density at radius 2 is 1.33 bits per heavy atom. The van der Waals surface area contributed by atoms with Crippen LogP contribution in [0.2, 0.25) is 0 Å². The van der Waals surface area contributed by atoms with Gasteiger partial charge in [-0.05, 0) is 31.5 Å². The molecular weight excluding hydrogens is 372 g/mol. The van der Waals surface area contributed by atoms with Gasteiger partial charge >= 0.3 is 0 Å². The first-order chi connectivity index (χ1) is 14.7. The van der Waals surface area contributed by atoms with Crippen LogP contribution in [0.25, 0.3) is 10.8 Å². The highest BCUT2D eigenvalue weighted by Gasteiger charge is 2.32. The second kappa shape index (κ2) is 11.1. The average molecular weight is 409 g/mol. The Kier molecular flexibility index (Phi) is 8.30. The van der Waals surface area contributed by atoms with Crippen LogP contribution in [0, 0.1) is 0 Å². The van der Waals surface area contributed by atoms with Crippen molar-refractivity contribution in [2.75, 3.05) is 18.4 Å². The van der Waals surface area contributed by atoms with Gasteiger partial charge in [-0.25, -0.2) is 0 Å². The highest BCUT2D eigenvalue weighted by Crippen LogP contribution is 2.34. The van der Waals surface area contributed by atoms with Gasteiger partial charge in [0.1, 0.15) is 0 Å². The number of nitrogens with zero attached hydrogens (tertiary/aromatic N) is 1. The maximum atomic E-state index is 12.7. The molecule has 30 heavy (non-hydrogen) atoms. The minimum Gasteiger partial charge on any atom is -0.385 e. The third-order valence-corrected chi connectivity index (χ3v) is 6.15. The lowest BCUT2D eigenvalue weighted by Crippen LogP contribution is -2.40. The van der Waals surface area contributed by atoms with Crippen molar-refractivity contribution >= 4 is 28.3 Å². The van der Waals surface area contributed by atoms with Crippen molar-refractivity contribution in [2.45, 2.75) is 78.1 Å². The molecule has 0 aliphatic carbocycles. The number of unbranched alkanes of at least 4 members (excludes halogenated alkanes) is 9. The van der Waals surface area contributed by atoms with Crippen LogP contribution in [-0.4, -0.2) is 29.8 Å². The van der Waals surface area contributed by atoms with E-state index in [1.54, 1.807) is 0 Å². The Labute approximate surface area is 181 Å². The first-order valence-corrected chi connectivity index (χ1v) is 11.8. The van der Waals surface area contributed by atoms with Gasteiger partial charge in [0.05, 0.1) is 0 Å². The molecule has 0 bridgehead atoms. The zero-order valence-corrected chi connectivity index (χ0v) is 18.6. The zero-order chi connectivity index (χ0) is 21.3. The summed E-state index contributed by atoms with van der Waals surface area (Å²) in [6.07, 6.45) is 13.2. The molecule has 3 rings (SSSR count). The monoisotopic (exact) mass is 408 g/mol. The molecule has 0 atom stereocenters. The van der Waals surface area contributed by atoms with Gasteiger partial charge in [-0.15, -0.1) is 0 Å². The lowest BCUT2D eigenvalue weighted by molar-refractivity contribution is 0.0619. The van der Waals surface area contributed by atoms with Crippen LogP contribution in [0.5, 0.6) is 0 Å². The number of nitrogens with one attached hydrogen (secondary N) is 1. The van der Waals surface area contributed by atoms with Crippen molar-refractivity contribution in [2.24, 2.45) is 0 Å². The molecule has 1 N–H and O–H groups in total. The standard InChI is InChI=1S/C26H36N2O2/c1-3-5-6-7-8-9-10-11-12-13-19-27-23-18-17-22-24-20(23)15-14-16-21(24)25(29)28(4-2)26(22)30/h14-18,27H,3-13,19H2,1-2H3. The van der Waals surface area contributed by atoms with Crippen LogP contribution >= 0.6 is 0 Å². The van der Waals surface area contributed by atoms with Crippen LogP contribution in [0.3, 0.4) is 0 Å². The minimum absolute atomic E-state index is 0.188. The molecule has 0 aromatic heterocycles. The molecule has 1 heterocycles. The molecule has 1 aliphatic heterocycles. The first kappa shape index (κ1) is 22.3. The van der Waals surface area contributed by atoms with Crippen LogP contribution in [0.15, 0.2) is 30.3 Å². The lowest BCUT2D eigenvalue weighted by atomic mass is 9.93. The largest absolute Gasteiger partial charge is 0.385 e. The third-order valence-electron chi connectivity index (χ3n) is 6.15. The second-order valence-corrected chi connectivity index (χ2v) is 8.35. The van der Waals surface area contributed by atoms with Gasteiger partial charge in [0.2, 0.25) is 0 Å². The molecule has 1 aliphatic rings. The normalized spacial score (nSPS) is 13.3. The molecule has 2 aromatic carbocycles. The number of amides is 2. The van der Waals surface area contributed by atoms with Gasteiger partial charge in [0.15, 0.2) is 0 Å². The molecule has 0 unspecified atom stereocenters. The number of anilines is 1. The highest BCUT2D eigenvalue weighted by atomic mass is 16.2. The topological polar surface area (TPSA) is 49.4 Å². The second-order valence-electron chi connectivity index (χ2n) is 8.35. The Bertz CT molecular complexity index is 852. The van der Waals surface area contributed by atoms with Crippen molar-refractivity contribution in [1.29, 1.82) is 0 Å². The summed E-state index contributed by atoms with van der Waals surface area (Å²) >= 11 is 0. The number of carbonyl (C=O) groups excluding carboxylic acids is 2. The van der Waals surface area contributed by atoms with Gasteiger partial charge in [-0.2, -0.15) is 0 Å². The molecule has 2 aromatic rings. The van der Waals surface area contributed by atoms with Crippen molar-refractivity contribution in [3.63, 3.8) is 0 Å². The van der Waals surface area contributed by atoms with E-state index in [1.807, 2.05) is 37.3 Å². The van der Waals surface area contributed by atoms with Crippen molar-refractivity contribution in [1.82, 2.24) is 4.90 Å². The molecule has 4 heteroatoms. The molecule has 0 saturated heterocycles. The fourth-order valence-electron chi connectivity index (χ4n) is 4.42. The number of rotatable bonds is 13. The van der Waals surface area contributed by atoms with E-state index in [0.29, 0.717) is 17.7 Å². The van der Waals surface area contributed by atoms with Crippen molar-refractivity contribution in [3.05, 3.63) is 41.5 Å². The van der Waals surface area contributed by atoms with E-state index >= 15 is 0 Å². The van der Waals surface area contributed by atoms with Crippen LogP contribution in [0.1, 0.15) is 98.8 Å². The average Bonchev–Trinajstić information content (AvgIpc) is 2.76. The smallest absolute Gasteiger partial charge is 0.261 e. The van der Waals surface area contributed by atoms with Crippen LogP contribution < -0.4 is 5.32 Å². The molecular formula is C26H36N2O2. The van der Waals surface area contributed by atoms with E-state index in [2.05, 4.69) is 12.2 Å². The third kappa shape index (κ3) is 5.03. The summed E-state index contributed by atoms with van der Waals surface area (Å²) in [6.45, 7) is 5.41. The Balaban J connectivity index is 1.51. The Morgan fingerprint density at radius 3 is 1.97 bits per heavy atom. The molecule has 2 amide bonds. The van der Waals surface area contributed by atoms with Gasteiger partial charge in [0, 0.05) is 40.7 Å². The number of benzene rings is 2. The summed E-state index contributed by atoms with van der Waals surface area (Å²) in [7, 11) is 0. The number of imide groups is 1. The quantitative estimate of drug-likeness (QED) is 0.293. The van der Waals surface area contributed by atoms with Gasteiger partial charge in [-0.1, -0.05) is 76.8 Å². The Hall–Kier alpha value is -2.36. The summed E-state index contributed by atoms with van der Waals surface area (Å²) in [5, 5.41) is 5.30. The molecule has 0 saturated carbocycles. The predicted molar refractivity (Wildman–Crippen MR) is 125 cm³/mol. The van der Waals surface area contributed by atoms with E-state index in [4.69, 9.17) is 0 Å². The molecule has 0 fully saturated rings. The Morgan fingerprint density at radius 1 is 0.733 bits per heavy atom. The zero-order valence-electron chi connectivity index (χ0n) is 18.6. The summed E-state index contributed by atoms with van der Waals surface area (Å²) < 4.78 is 0. The SMILES string of the molecule is CCCCCCCCCCCCNc1ccc2c3c(cccc13)C(=O)N(CC)C2=O. The van der Waals surface area contributed by atoms with E-state index in [0.717, 1.165) is 29.4 Å². The molecule has 162 valence electrons. The highest BCUT2D eigenvalue weighted by molar-refractivity contribution is 6.26. The van der Waals surface area contributed by atoms with Crippen molar-refractivity contribution in [3.8, 4) is 0 Å². The predicted octanol–water partition coefficient (Wildman–Crippen LogP) is 6.79. The van der Waals surface area contributed by atoms with E-state index in [-0.39, 0.29) is 11.8 Å². The number of hydrogen-bond donors (Lipinski definition) is 1. The fraction of sp³-hybridized carbons (Fsp3) is 0.538. The number of hydrogen-bond acceptors (Lipinski definition) is 3. The molecule has 0 radical (unpaired) electrons.